The highest BCUT2D eigenvalue weighted by Crippen LogP contribution is 2.30. The number of benzene rings is 2. The summed E-state index contributed by atoms with van der Waals surface area (Å²) in [5.41, 5.74) is 1.04. The maximum atomic E-state index is 13.1. The van der Waals surface area contributed by atoms with Gasteiger partial charge in [-0.25, -0.2) is 4.79 Å². The highest BCUT2D eigenvalue weighted by atomic mass is 79.9. The van der Waals surface area contributed by atoms with E-state index in [1.165, 1.54) is 18.2 Å². The van der Waals surface area contributed by atoms with Gasteiger partial charge in [-0.15, -0.1) is 0 Å². The summed E-state index contributed by atoms with van der Waals surface area (Å²) in [4.78, 5) is 49.4. The second-order valence-electron chi connectivity index (χ2n) is 7.83. The van der Waals surface area contributed by atoms with Crippen molar-refractivity contribution in [2.75, 3.05) is 0 Å². The Morgan fingerprint density at radius 3 is 2.48 bits per heavy atom. The topological polar surface area (TPSA) is 119 Å². The van der Waals surface area contributed by atoms with Crippen LogP contribution < -0.4 is 10.1 Å². The number of nitrogens with one attached hydrogen (secondary N) is 1. The van der Waals surface area contributed by atoms with Crippen LogP contribution in [0.2, 0.25) is 0 Å². The Bertz CT molecular complexity index is 1160. The summed E-state index contributed by atoms with van der Waals surface area (Å²) < 4.78 is 6.59. The highest BCUT2D eigenvalue weighted by molar-refractivity contribution is 9.10. The smallest absolute Gasteiger partial charge is 0.331 e. The van der Waals surface area contributed by atoms with Gasteiger partial charge < -0.3 is 4.74 Å². The number of nitro benzene ring substituents is 1. The van der Waals surface area contributed by atoms with Crippen molar-refractivity contribution in [3.8, 4) is 5.75 Å². The summed E-state index contributed by atoms with van der Waals surface area (Å²) in [7, 11) is 0. The third-order valence-electron chi connectivity index (χ3n) is 5.64. The van der Waals surface area contributed by atoms with Gasteiger partial charge in [0, 0.05) is 28.2 Å². The van der Waals surface area contributed by atoms with Crippen molar-refractivity contribution < 1.29 is 24.0 Å². The van der Waals surface area contributed by atoms with Crippen molar-refractivity contribution in [3.05, 3.63) is 73.8 Å². The lowest BCUT2D eigenvalue weighted by Crippen LogP contribution is -2.57. The maximum Gasteiger partial charge on any atom is 0.331 e. The normalized spacial score (nSPS) is 18.0. The monoisotopic (exact) mass is 513 g/mol. The van der Waals surface area contributed by atoms with Gasteiger partial charge in [0.2, 0.25) is 0 Å². The van der Waals surface area contributed by atoms with Gasteiger partial charge in [-0.2, -0.15) is 0 Å². The molecule has 2 aromatic rings. The van der Waals surface area contributed by atoms with Crippen LogP contribution >= 0.6 is 15.9 Å². The number of carbonyl (C=O) groups is 3. The number of halogens is 1. The van der Waals surface area contributed by atoms with Gasteiger partial charge in [0.05, 0.1) is 4.92 Å². The molecule has 1 saturated heterocycles. The molecule has 0 atom stereocenters. The van der Waals surface area contributed by atoms with Crippen molar-refractivity contribution in [1.82, 2.24) is 10.2 Å². The fourth-order valence-electron chi connectivity index (χ4n) is 3.96. The Balaban J connectivity index is 1.59. The molecule has 2 aromatic carbocycles. The van der Waals surface area contributed by atoms with E-state index < -0.39 is 22.8 Å². The zero-order valence-electron chi connectivity index (χ0n) is 17.5. The van der Waals surface area contributed by atoms with Gasteiger partial charge in [0.15, 0.2) is 0 Å². The molecule has 1 aliphatic carbocycles. The molecule has 2 aliphatic rings. The summed E-state index contributed by atoms with van der Waals surface area (Å²) in [6.07, 6.45) is 4.73. The zero-order chi connectivity index (χ0) is 23.5. The van der Waals surface area contributed by atoms with Gasteiger partial charge in [0.1, 0.15) is 17.9 Å². The van der Waals surface area contributed by atoms with E-state index in [0.29, 0.717) is 21.3 Å². The molecule has 2 fully saturated rings. The van der Waals surface area contributed by atoms with Crippen molar-refractivity contribution in [2.45, 2.75) is 38.3 Å². The number of hydrogen-bond donors (Lipinski definition) is 1. The van der Waals surface area contributed by atoms with E-state index in [1.54, 1.807) is 30.3 Å². The molecule has 9 nitrogen and oxygen atoms in total. The Morgan fingerprint density at radius 2 is 1.82 bits per heavy atom. The lowest BCUT2D eigenvalue weighted by atomic mass is 10.0. The summed E-state index contributed by atoms with van der Waals surface area (Å²) in [5, 5.41) is 13.1. The maximum absolute atomic E-state index is 13.1. The molecule has 1 aliphatic heterocycles. The summed E-state index contributed by atoms with van der Waals surface area (Å²) in [5.74, 6) is -0.952. The number of barbiturate groups is 1. The SMILES string of the molecule is O=C1NC(=O)N(C2CCCC2)C(=O)/C1=C/c1cc(Br)ccc1OCc1ccc([N+](=O)[O-])cc1. The van der Waals surface area contributed by atoms with E-state index in [9.17, 15) is 24.5 Å². The minimum atomic E-state index is -0.749. The second-order valence-corrected chi connectivity index (χ2v) is 8.74. The summed E-state index contributed by atoms with van der Waals surface area (Å²) in [6, 6.07) is 10.2. The van der Waals surface area contributed by atoms with Gasteiger partial charge in [-0.3, -0.25) is 29.9 Å². The van der Waals surface area contributed by atoms with Gasteiger partial charge in [-0.1, -0.05) is 28.8 Å². The van der Waals surface area contributed by atoms with Crippen LogP contribution in [-0.4, -0.2) is 33.7 Å². The predicted octanol–water partition coefficient (Wildman–Crippen LogP) is 4.34. The van der Waals surface area contributed by atoms with E-state index in [-0.39, 0.29) is 23.9 Å². The summed E-state index contributed by atoms with van der Waals surface area (Å²) in [6.45, 7) is 0.128. The first-order chi connectivity index (χ1) is 15.8. The molecule has 0 spiro atoms. The number of urea groups is 1. The molecule has 4 rings (SSSR count). The zero-order valence-corrected chi connectivity index (χ0v) is 19.0. The Kier molecular flexibility index (Phi) is 6.55. The van der Waals surface area contributed by atoms with Crippen LogP contribution in [0.1, 0.15) is 36.8 Å². The molecule has 0 aromatic heterocycles. The number of non-ortho nitro benzene ring substituents is 1. The molecule has 33 heavy (non-hydrogen) atoms. The number of imide groups is 2. The van der Waals surface area contributed by atoms with Gasteiger partial charge in [-0.05, 0) is 54.8 Å². The second kappa shape index (κ2) is 9.53. The van der Waals surface area contributed by atoms with Gasteiger partial charge >= 0.3 is 6.03 Å². The van der Waals surface area contributed by atoms with E-state index >= 15 is 0 Å². The highest BCUT2D eigenvalue weighted by Gasteiger charge is 2.40. The molecular weight excluding hydrogens is 494 g/mol. The van der Waals surface area contributed by atoms with E-state index in [0.717, 1.165) is 30.6 Å². The fourth-order valence-corrected chi connectivity index (χ4v) is 4.34. The molecule has 1 N–H and O–H groups in total. The minimum absolute atomic E-state index is 0.0176. The third kappa shape index (κ3) is 4.95. The van der Waals surface area contributed by atoms with Crippen LogP contribution in [0.3, 0.4) is 0 Å². The molecule has 1 saturated carbocycles. The fraction of sp³-hybridized carbons (Fsp3) is 0.261. The minimum Gasteiger partial charge on any atom is -0.488 e. The lowest BCUT2D eigenvalue weighted by molar-refractivity contribution is -0.384. The predicted molar refractivity (Wildman–Crippen MR) is 122 cm³/mol. The van der Waals surface area contributed by atoms with E-state index in [1.807, 2.05) is 0 Å². The molecule has 170 valence electrons. The van der Waals surface area contributed by atoms with Crippen LogP contribution in [0.4, 0.5) is 10.5 Å². The van der Waals surface area contributed by atoms with Crippen LogP contribution in [0, 0.1) is 10.1 Å². The first-order valence-electron chi connectivity index (χ1n) is 10.4. The molecule has 1 heterocycles. The van der Waals surface area contributed by atoms with Crippen LogP contribution in [0.5, 0.6) is 5.75 Å². The summed E-state index contributed by atoms with van der Waals surface area (Å²) >= 11 is 3.39. The average Bonchev–Trinajstić information content (AvgIpc) is 3.30. The molecule has 0 bridgehead atoms. The van der Waals surface area contributed by atoms with Crippen LogP contribution in [0.15, 0.2) is 52.5 Å². The van der Waals surface area contributed by atoms with Crippen molar-refractivity contribution in [1.29, 1.82) is 0 Å². The van der Waals surface area contributed by atoms with Gasteiger partial charge in [0.25, 0.3) is 17.5 Å². The van der Waals surface area contributed by atoms with Crippen molar-refractivity contribution in [3.63, 3.8) is 0 Å². The largest absolute Gasteiger partial charge is 0.488 e. The number of hydrogen-bond acceptors (Lipinski definition) is 6. The number of nitrogens with zero attached hydrogens (tertiary/aromatic N) is 2. The Morgan fingerprint density at radius 1 is 1.12 bits per heavy atom. The molecular formula is C23H20BrN3O6. The molecule has 0 unspecified atom stereocenters. The van der Waals surface area contributed by atoms with Crippen molar-refractivity contribution >= 4 is 45.5 Å². The third-order valence-corrected chi connectivity index (χ3v) is 6.13. The Labute approximate surface area is 197 Å². The number of amides is 4. The lowest BCUT2D eigenvalue weighted by Gasteiger charge is -2.31. The quantitative estimate of drug-likeness (QED) is 0.265. The number of nitro groups is 1. The Hall–Kier alpha value is -3.53. The van der Waals surface area contributed by atoms with Crippen molar-refractivity contribution in [2.24, 2.45) is 0 Å². The number of carbonyl (C=O) groups excluding carboxylic acids is 3. The van der Waals surface area contributed by atoms with E-state index in [2.05, 4.69) is 21.2 Å². The van der Waals surface area contributed by atoms with Crippen LogP contribution in [-0.2, 0) is 16.2 Å². The standard InChI is InChI=1S/C23H20BrN3O6/c24-16-7-10-20(33-13-14-5-8-18(9-6-14)27(31)32)15(11-16)12-19-21(28)25-23(30)26(22(19)29)17-3-1-2-4-17/h5-12,17H,1-4,13H2,(H,25,28,30)/b19-12+. The molecule has 10 heteroatoms. The number of rotatable bonds is 6. The molecule has 0 radical (unpaired) electrons. The number of ether oxygens (including phenoxy) is 1. The first-order valence-corrected chi connectivity index (χ1v) is 11.2. The van der Waals surface area contributed by atoms with Crippen LogP contribution in [0.25, 0.3) is 6.08 Å². The average molecular weight is 514 g/mol. The molecule has 4 amide bonds. The van der Waals surface area contributed by atoms with E-state index in [4.69, 9.17) is 4.74 Å². The first kappa shape index (κ1) is 22.7.